The summed E-state index contributed by atoms with van der Waals surface area (Å²) in [6.45, 7) is 4.90. The predicted molar refractivity (Wildman–Crippen MR) is 93.8 cm³/mol. The number of rotatable bonds is 6. The minimum atomic E-state index is 0.477. The number of nitrogens with zero attached hydrogens (tertiary/aromatic N) is 2. The van der Waals surface area contributed by atoms with E-state index in [9.17, 15) is 0 Å². The first-order valence-electron chi connectivity index (χ1n) is 7.07. The van der Waals surface area contributed by atoms with Gasteiger partial charge in [-0.25, -0.2) is 0 Å². The molecule has 0 saturated carbocycles. The second-order valence-corrected chi connectivity index (χ2v) is 6.68. The molecular formula is C16H19BrCl2N2. The largest absolute Gasteiger partial charge is 0.268 e. The topological polar surface area (TPSA) is 17.8 Å². The van der Waals surface area contributed by atoms with Crippen LogP contribution in [0.4, 0.5) is 0 Å². The Morgan fingerprint density at radius 1 is 1.19 bits per heavy atom. The van der Waals surface area contributed by atoms with E-state index in [0.29, 0.717) is 5.92 Å². The van der Waals surface area contributed by atoms with Crippen LogP contribution < -0.4 is 0 Å². The molecule has 0 spiro atoms. The van der Waals surface area contributed by atoms with Crippen molar-refractivity contribution in [3.8, 4) is 0 Å². The summed E-state index contributed by atoms with van der Waals surface area (Å²) >= 11 is 16.0. The minimum absolute atomic E-state index is 0.477. The molecule has 0 aliphatic carbocycles. The number of halogens is 3. The lowest BCUT2D eigenvalue weighted by Gasteiger charge is -2.15. The molecule has 0 fully saturated rings. The number of benzene rings is 1. The van der Waals surface area contributed by atoms with Gasteiger partial charge in [0, 0.05) is 16.9 Å². The van der Waals surface area contributed by atoms with E-state index in [1.807, 2.05) is 23.7 Å². The van der Waals surface area contributed by atoms with E-state index in [-0.39, 0.29) is 0 Å². The van der Waals surface area contributed by atoms with Crippen LogP contribution in [-0.4, -0.2) is 15.1 Å². The van der Waals surface area contributed by atoms with Crippen LogP contribution in [0.2, 0.25) is 10.0 Å². The molecule has 0 bridgehead atoms. The molecule has 5 heteroatoms. The third-order valence-electron chi connectivity index (χ3n) is 3.59. The van der Waals surface area contributed by atoms with Crippen molar-refractivity contribution < 1.29 is 0 Å². The summed E-state index contributed by atoms with van der Waals surface area (Å²) in [6.07, 6.45) is 1.91. The maximum absolute atomic E-state index is 6.40. The second-order valence-electron chi connectivity index (χ2n) is 5.22. The molecule has 2 aromatic rings. The van der Waals surface area contributed by atoms with Gasteiger partial charge in [0.2, 0.25) is 0 Å². The van der Waals surface area contributed by atoms with Crippen molar-refractivity contribution in [3.05, 3.63) is 51.3 Å². The summed E-state index contributed by atoms with van der Waals surface area (Å²) in [5, 5.41) is 7.00. The fourth-order valence-corrected chi connectivity index (χ4v) is 3.27. The highest BCUT2D eigenvalue weighted by Crippen LogP contribution is 2.25. The third-order valence-corrected chi connectivity index (χ3v) is 5.25. The second kappa shape index (κ2) is 7.66. The monoisotopic (exact) mass is 388 g/mol. The van der Waals surface area contributed by atoms with Gasteiger partial charge in [-0.05, 0) is 50.3 Å². The van der Waals surface area contributed by atoms with Gasteiger partial charge >= 0.3 is 0 Å². The van der Waals surface area contributed by atoms with Gasteiger partial charge in [-0.3, -0.25) is 4.68 Å². The lowest BCUT2D eigenvalue weighted by Crippen LogP contribution is -2.14. The zero-order valence-electron chi connectivity index (χ0n) is 12.2. The van der Waals surface area contributed by atoms with Gasteiger partial charge in [0.15, 0.2) is 0 Å². The predicted octanol–water partition coefficient (Wildman–Crippen LogP) is 5.31. The quantitative estimate of drug-likeness (QED) is 0.611. The lowest BCUT2D eigenvalue weighted by atomic mass is 9.96. The highest BCUT2D eigenvalue weighted by atomic mass is 79.9. The zero-order valence-corrected chi connectivity index (χ0v) is 15.3. The summed E-state index contributed by atoms with van der Waals surface area (Å²) in [5.74, 6) is 0.477. The molecule has 1 heterocycles. The zero-order chi connectivity index (χ0) is 15.4. The van der Waals surface area contributed by atoms with Crippen LogP contribution in [0.5, 0.6) is 0 Å². The van der Waals surface area contributed by atoms with Gasteiger partial charge in [-0.2, -0.15) is 5.10 Å². The Morgan fingerprint density at radius 2 is 1.86 bits per heavy atom. The number of aromatic nitrogens is 2. The Hall–Kier alpha value is -0.510. The SMILES string of the molecule is CCn1nc(C)c(Cl)c1CC(CBr)Cc1ccc(Cl)cc1. The molecule has 114 valence electrons. The molecular weight excluding hydrogens is 371 g/mol. The summed E-state index contributed by atoms with van der Waals surface area (Å²) in [4.78, 5) is 0. The van der Waals surface area contributed by atoms with Crippen molar-refractivity contribution in [1.29, 1.82) is 0 Å². The molecule has 1 aromatic carbocycles. The molecule has 21 heavy (non-hydrogen) atoms. The molecule has 1 aromatic heterocycles. The first-order chi connectivity index (χ1) is 10.0. The van der Waals surface area contributed by atoms with Gasteiger partial charge in [-0.1, -0.05) is 51.3 Å². The maximum Gasteiger partial charge on any atom is 0.0847 e. The number of hydrogen-bond donors (Lipinski definition) is 0. The van der Waals surface area contributed by atoms with Crippen LogP contribution >= 0.6 is 39.1 Å². The van der Waals surface area contributed by atoms with E-state index >= 15 is 0 Å². The van der Waals surface area contributed by atoms with Gasteiger partial charge in [0.05, 0.1) is 16.4 Å². The third kappa shape index (κ3) is 4.24. The van der Waals surface area contributed by atoms with Gasteiger partial charge in [0.25, 0.3) is 0 Å². The van der Waals surface area contributed by atoms with Gasteiger partial charge in [0.1, 0.15) is 0 Å². The Balaban J connectivity index is 2.14. The highest BCUT2D eigenvalue weighted by molar-refractivity contribution is 9.09. The molecule has 1 atom stereocenters. The van der Waals surface area contributed by atoms with Gasteiger partial charge < -0.3 is 0 Å². The minimum Gasteiger partial charge on any atom is -0.268 e. The normalized spacial score (nSPS) is 12.6. The smallest absolute Gasteiger partial charge is 0.0847 e. The molecule has 0 N–H and O–H groups in total. The molecule has 1 unspecified atom stereocenters. The summed E-state index contributed by atoms with van der Waals surface area (Å²) in [5.41, 5.74) is 3.34. The summed E-state index contributed by atoms with van der Waals surface area (Å²) < 4.78 is 2.01. The van der Waals surface area contributed by atoms with E-state index in [1.165, 1.54) is 5.56 Å². The Morgan fingerprint density at radius 3 is 2.43 bits per heavy atom. The van der Waals surface area contributed by atoms with E-state index in [1.54, 1.807) is 0 Å². The van der Waals surface area contributed by atoms with E-state index in [0.717, 1.165) is 46.1 Å². The molecule has 2 nitrogen and oxygen atoms in total. The highest BCUT2D eigenvalue weighted by Gasteiger charge is 2.17. The van der Waals surface area contributed by atoms with Crippen molar-refractivity contribution >= 4 is 39.1 Å². The van der Waals surface area contributed by atoms with Crippen LogP contribution in [0.3, 0.4) is 0 Å². The molecule has 2 rings (SSSR count). The Kier molecular flexibility index (Phi) is 6.15. The van der Waals surface area contributed by atoms with Crippen molar-refractivity contribution in [3.63, 3.8) is 0 Å². The van der Waals surface area contributed by atoms with Crippen molar-refractivity contribution in [2.24, 2.45) is 5.92 Å². The number of hydrogen-bond acceptors (Lipinski definition) is 1. The molecule has 0 saturated heterocycles. The standard InChI is InChI=1S/C16H19BrCl2N2/c1-3-21-15(16(19)11(2)20-21)9-13(10-17)8-12-4-6-14(18)7-5-12/h4-7,13H,3,8-10H2,1-2H3. The van der Waals surface area contributed by atoms with Crippen LogP contribution in [0.1, 0.15) is 23.9 Å². The number of aryl methyl sites for hydroxylation is 2. The average Bonchev–Trinajstić information content (AvgIpc) is 2.76. The fourth-order valence-electron chi connectivity index (χ4n) is 2.47. The Labute approximate surface area is 144 Å². The van der Waals surface area contributed by atoms with Gasteiger partial charge in [-0.15, -0.1) is 0 Å². The van der Waals surface area contributed by atoms with E-state index < -0.39 is 0 Å². The lowest BCUT2D eigenvalue weighted by molar-refractivity contribution is 0.536. The molecule has 0 radical (unpaired) electrons. The fraction of sp³-hybridized carbons (Fsp3) is 0.438. The van der Waals surface area contributed by atoms with Crippen LogP contribution in [-0.2, 0) is 19.4 Å². The molecule has 0 aliphatic heterocycles. The van der Waals surface area contributed by atoms with E-state index in [4.69, 9.17) is 23.2 Å². The van der Waals surface area contributed by atoms with Crippen molar-refractivity contribution in [2.45, 2.75) is 33.2 Å². The van der Waals surface area contributed by atoms with Crippen LogP contribution in [0.15, 0.2) is 24.3 Å². The Bertz CT molecular complexity index is 593. The first-order valence-corrected chi connectivity index (χ1v) is 8.95. The van der Waals surface area contributed by atoms with Crippen LogP contribution in [0.25, 0.3) is 0 Å². The van der Waals surface area contributed by atoms with Crippen molar-refractivity contribution in [1.82, 2.24) is 9.78 Å². The summed E-state index contributed by atoms with van der Waals surface area (Å²) in [7, 11) is 0. The molecule has 0 aliphatic rings. The maximum atomic E-state index is 6.40. The first kappa shape index (κ1) is 16.9. The van der Waals surface area contributed by atoms with Crippen molar-refractivity contribution in [2.75, 3.05) is 5.33 Å². The summed E-state index contributed by atoms with van der Waals surface area (Å²) in [6, 6.07) is 8.05. The van der Waals surface area contributed by atoms with E-state index in [2.05, 4.69) is 40.1 Å². The molecule has 0 amide bonds. The van der Waals surface area contributed by atoms with Crippen LogP contribution in [0, 0.1) is 12.8 Å². The average molecular weight is 390 g/mol. The number of alkyl halides is 1.